The van der Waals surface area contributed by atoms with E-state index in [1.165, 1.54) is 17.8 Å². The first-order valence-electron chi connectivity index (χ1n) is 7.42. The van der Waals surface area contributed by atoms with Crippen molar-refractivity contribution < 1.29 is 14.1 Å². The number of carbonyl (C=O) groups is 1. The number of amides is 1. The van der Waals surface area contributed by atoms with Crippen LogP contribution in [0.4, 0.5) is 15.8 Å². The fourth-order valence-corrected chi connectivity index (χ4v) is 2.84. The molecule has 1 amide bonds. The molecule has 1 N–H and O–H groups in total. The van der Waals surface area contributed by atoms with Crippen molar-refractivity contribution in [2.75, 3.05) is 5.32 Å². The lowest BCUT2D eigenvalue weighted by molar-refractivity contribution is -0.387. The summed E-state index contributed by atoms with van der Waals surface area (Å²) in [6.45, 7) is 7.34. The zero-order valence-corrected chi connectivity index (χ0v) is 15.0. The Labute approximate surface area is 148 Å². The van der Waals surface area contributed by atoms with Crippen LogP contribution in [-0.4, -0.2) is 26.0 Å². The number of aromatic nitrogens is 2. The van der Waals surface area contributed by atoms with Gasteiger partial charge in [0.1, 0.15) is 0 Å². The molecule has 25 heavy (non-hydrogen) atoms. The normalized spacial score (nSPS) is 11.9. The predicted molar refractivity (Wildman–Crippen MR) is 93.2 cm³/mol. The van der Waals surface area contributed by atoms with Gasteiger partial charge in [-0.3, -0.25) is 14.9 Å². The van der Waals surface area contributed by atoms with Crippen molar-refractivity contribution in [3.05, 3.63) is 51.1 Å². The second-order valence-corrected chi connectivity index (χ2v) is 6.78. The molecule has 1 heterocycles. The molecule has 0 fully saturated rings. The van der Waals surface area contributed by atoms with Crippen LogP contribution in [0.15, 0.2) is 23.4 Å². The van der Waals surface area contributed by atoms with Gasteiger partial charge in [-0.25, -0.2) is 9.97 Å². The predicted octanol–water partition coefficient (Wildman–Crippen LogP) is 3.57. The van der Waals surface area contributed by atoms with E-state index >= 15 is 0 Å². The van der Waals surface area contributed by atoms with Crippen LogP contribution in [0, 0.1) is 36.7 Å². The third-order valence-electron chi connectivity index (χ3n) is 3.67. The number of nitrogens with zero attached hydrogens (tertiary/aromatic N) is 3. The van der Waals surface area contributed by atoms with E-state index in [1.807, 2.05) is 20.8 Å². The summed E-state index contributed by atoms with van der Waals surface area (Å²) < 4.78 is 13.3. The Morgan fingerprint density at radius 1 is 1.28 bits per heavy atom. The van der Waals surface area contributed by atoms with Gasteiger partial charge in [-0.05, 0) is 45.4 Å². The van der Waals surface area contributed by atoms with Crippen LogP contribution >= 0.6 is 11.8 Å². The average molecular weight is 364 g/mol. The highest BCUT2D eigenvalue weighted by molar-refractivity contribution is 8.00. The number of halogens is 1. The van der Waals surface area contributed by atoms with Crippen LogP contribution in [0.1, 0.15) is 23.9 Å². The smallest absolute Gasteiger partial charge is 0.306 e. The van der Waals surface area contributed by atoms with E-state index in [-0.39, 0.29) is 11.6 Å². The molecule has 0 radical (unpaired) electrons. The monoisotopic (exact) mass is 364 g/mol. The Balaban J connectivity index is 2.11. The zero-order chi connectivity index (χ0) is 18.7. The van der Waals surface area contributed by atoms with E-state index in [1.54, 1.807) is 6.92 Å². The number of anilines is 1. The molecule has 0 bridgehead atoms. The van der Waals surface area contributed by atoms with Crippen LogP contribution in [-0.2, 0) is 4.79 Å². The number of hydrogen-bond acceptors (Lipinski definition) is 6. The van der Waals surface area contributed by atoms with E-state index in [0.29, 0.717) is 5.16 Å². The number of rotatable bonds is 5. The minimum Gasteiger partial charge on any atom is -0.325 e. The molecule has 0 aliphatic carbocycles. The average Bonchev–Trinajstić information content (AvgIpc) is 2.53. The second kappa shape index (κ2) is 7.56. The van der Waals surface area contributed by atoms with Crippen LogP contribution in [0.2, 0.25) is 0 Å². The minimum absolute atomic E-state index is 0.155. The molecule has 1 aromatic heterocycles. The van der Waals surface area contributed by atoms with Crippen LogP contribution in [0.3, 0.4) is 0 Å². The van der Waals surface area contributed by atoms with Gasteiger partial charge in [-0.2, -0.15) is 4.39 Å². The summed E-state index contributed by atoms with van der Waals surface area (Å²) in [6.07, 6.45) is 0. The molecule has 0 saturated carbocycles. The molecule has 0 aliphatic rings. The minimum atomic E-state index is -0.954. The topological polar surface area (TPSA) is 98.0 Å². The Morgan fingerprint density at radius 2 is 1.88 bits per heavy atom. The van der Waals surface area contributed by atoms with Crippen LogP contribution in [0.25, 0.3) is 0 Å². The Hall–Kier alpha value is -2.55. The molecular weight excluding hydrogens is 347 g/mol. The summed E-state index contributed by atoms with van der Waals surface area (Å²) in [5.74, 6) is -1.34. The van der Waals surface area contributed by atoms with Gasteiger partial charge < -0.3 is 5.32 Å². The molecule has 2 rings (SSSR count). The van der Waals surface area contributed by atoms with Gasteiger partial charge in [0.05, 0.1) is 10.2 Å². The first kappa shape index (κ1) is 18.8. The molecule has 1 aromatic carbocycles. The van der Waals surface area contributed by atoms with Gasteiger partial charge in [0, 0.05) is 23.1 Å². The number of thioether (sulfide) groups is 1. The summed E-state index contributed by atoms with van der Waals surface area (Å²) in [7, 11) is 0. The number of aryl methyl sites for hydroxylation is 2. The quantitative estimate of drug-likeness (QED) is 0.377. The van der Waals surface area contributed by atoms with Gasteiger partial charge in [0.15, 0.2) is 5.16 Å². The molecule has 132 valence electrons. The first-order chi connectivity index (χ1) is 11.7. The number of benzene rings is 1. The molecular formula is C16H17FN4O3S. The second-order valence-electron chi connectivity index (χ2n) is 5.47. The lowest BCUT2D eigenvalue weighted by atomic mass is 10.2. The first-order valence-corrected chi connectivity index (χ1v) is 8.30. The lowest BCUT2D eigenvalue weighted by Crippen LogP contribution is -2.23. The molecule has 0 aliphatic heterocycles. The Morgan fingerprint density at radius 3 is 2.44 bits per heavy atom. The molecule has 0 unspecified atom stereocenters. The summed E-state index contributed by atoms with van der Waals surface area (Å²) in [5, 5.41) is 13.2. The number of nitro groups is 1. The molecule has 7 nitrogen and oxygen atoms in total. The summed E-state index contributed by atoms with van der Waals surface area (Å²) >= 11 is 1.18. The summed E-state index contributed by atoms with van der Waals surface area (Å²) in [4.78, 5) is 30.9. The van der Waals surface area contributed by atoms with E-state index in [9.17, 15) is 19.3 Å². The van der Waals surface area contributed by atoms with Gasteiger partial charge in [0.2, 0.25) is 11.7 Å². The van der Waals surface area contributed by atoms with Gasteiger partial charge >= 0.3 is 5.69 Å². The van der Waals surface area contributed by atoms with Crippen LogP contribution < -0.4 is 5.32 Å². The molecule has 2 aromatic rings. The van der Waals surface area contributed by atoms with Gasteiger partial charge in [-0.1, -0.05) is 11.8 Å². The Kier molecular flexibility index (Phi) is 5.68. The number of carbonyl (C=O) groups excluding carboxylic acids is 1. The maximum Gasteiger partial charge on any atom is 0.306 e. The van der Waals surface area contributed by atoms with E-state index in [0.717, 1.165) is 29.1 Å². The van der Waals surface area contributed by atoms with Crippen molar-refractivity contribution in [1.82, 2.24) is 9.97 Å². The summed E-state index contributed by atoms with van der Waals surface area (Å²) in [6, 6.07) is 3.21. The molecule has 9 heteroatoms. The fraction of sp³-hybridized carbons (Fsp3) is 0.312. The third kappa shape index (κ3) is 4.50. The highest BCUT2D eigenvalue weighted by Crippen LogP contribution is 2.25. The molecule has 0 spiro atoms. The van der Waals surface area contributed by atoms with Gasteiger partial charge in [0.25, 0.3) is 0 Å². The standard InChI is InChI=1S/C16H17FN4O3S/c1-8-9(2)18-16(19-10(8)3)25-11(4)15(22)20-12-5-6-13(17)14(7-12)21(23)24/h5-7,11H,1-4H3,(H,20,22)/t11-/m0/s1. The zero-order valence-electron chi connectivity index (χ0n) is 14.2. The highest BCUT2D eigenvalue weighted by Gasteiger charge is 2.20. The molecule has 1 atom stereocenters. The largest absolute Gasteiger partial charge is 0.325 e. The van der Waals surface area contributed by atoms with Crippen LogP contribution in [0.5, 0.6) is 0 Å². The van der Waals surface area contributed by atoms with Crippen molar-refractivity contribution in [1.29, 1.82) is 0 Å². The number of nitro benzene ring substituents is 1. The Bertz CT molecular complexity index is 821. The van der Waals surface area contributed by atoms with Crippen molar-refractivity contribution >= 4 is 29.0 Å². The van der Waals surface area contributed by atoms with E-state index < -0.39 is 21.7 Å². The lowest BCUT2D eigenvalue weighted by Gasteiger charge is -2.12. The van der Waals surface area contributed by atoms with E-state index in [2.05, 4.69) is 15.3 Å². The highest BCUT2D eigenvalue weighted by atomic mass is 32.2. The third-order valence-corrected chi connectivity index (χ3v) is 4.63. The number of hydrogen-bond donors (Lipinski definition) is 1. The van der Waals surface area contributed by atoms with Crippen molar-refractivity contribution in [2.45, 2.75) is 38.1 Å². The van der Waals surface area contributed by atoms with Gasteiger partial charge in [-0.15, -0.1) is 0 Å². The van der Waals surface area contributed by atoms with E-state index in [4.69, 9.17) is 0 Å². The maximum atomic E-state index is 13.3. The molecule has 0 saturated heterocycles. The van der Waals surface area contributed by atoms with Crippen molar-refractivity contribution in [3.63, 3.8) is 0 Å². The SMILES string of the molecule is Cc1nc(S[C@@H](C)C(=O)Nc2ccc(F)c([N+](=O)[O-])c2)nc(C)c1C. The van der Waals surface area contributed by atoms with Crippen molar-refractivity contribution in [2.24, 2.45) is 0 Å². The maximum absolute atomic E-state index is 13.3. The van der Waals surface area contributed by atoms with Crippen molar-refractivity contribution in [3.8, 4) is 0 Å². The fourth-order valence-electron chi connectivity index (χ4n) is 1.98. The summed E-state index contributed by atoms with van der Waals surface area (Å²) in [5.41, 5.74) is 2.16. The number of nitrogens with one attached hydrogen (secondary N) is 1.